The number of nitrogens with zero attached hydrogens (tertiary/aromatic N) is 3. The fourth-order valence-corrected chi connectivity index (χ4v) is 2.40. The minimum absolute atomic E-state index is 0.0463. The van der Waals surface area contributed by atoms with Gasteiger partial charge in [0.1, 0.15) is 12.1 Å². The normalized spacial score (nSPS) is 10.2. The van der Waals surface area contributed by atoms with Crippen LogP contribution in [0.25, 0.3) is 0 Å². The zero-order valence-corrected chi connectivity index (χ0v) is 14.9. The zero-order chi connectivity index (χ0) is 19.9. The van der Waals surface area contributed by atoms with Crippen molar-refractivity contribution in [3.63, 3.8) is 0 Å². The Balaban J connectivity index is 1.82. The van der Waals surface area contributed by atoms with E-state index < -0.39 is 10.9 Å². The zero-order valence-electron chi connectivity index (χ0n) is 14.9. The molecule has 1 heterocycles. The number of hydrogen-bond donors (Lipinski definition) is 1. The van der Waals surface area contributed by atoms with Crippen molar-refractivity contribution < 1.29 is 19.2 Å². The number of anilines is 1. The molecule has 0 saturated heterocycles. The van der Waals surface area contributed by atoms with E-state index in [1.54, 1.807) is 0 Å². The molecule has 0 saturated carbocycles. The number of ether oxygens (including phenoxy) is 2. The second kappa shape index (κ2) is 8.58. The molecule has 0 spiro atoms. The molecule has 9 heteroatoms. The maximum Gasteiger partial charge on any atom is 0.373 e. The number of esters is 1. The van der Waals surface area contributed by atoms with Crippen LogP contribution < -0.4 is 10.1 Å². The van der Waals surface area contributed by atoms with Crippen LogP contribution >= 0.6 is 0 Å². The van der Waals surface area contributed by atoms with Crippen LogP contribution in [-0.2, 0) is 11.3 Å². The second-order valence-electron chi connectivity index (χ2n) is 5.59. The quantitative estimate of drug-likeness (QED) is 0.375. The fraction of sp³-hybridized carbons (Fsp3) is 0.105. The van der Waals surface area contributed by atoms with Crippen LogP contribution in [0.1, 0.15) is 15.9 Å². The summed E-state index contributed by atoms with van der Waals surface area (Å²) in [6.45, 7) is 0.353. The van der Waals surface area contributed by atoms with Crippen LogP contribution in [0.4, 0.5) is 11.5 Å². The summed E-state index contributed by atoms with van der Waals surface area (Å²) in [6, 6.07) is 15.4. The Morgan fingerprint density at radius 3 is 2.46 bits per heavy atom. The van der Waals surface area contributed by atoms with Gasteiger partial charge in [-0.3, -0.25) is 10.1 Å². The Hall–Kier alpha value is -4.01. The highest BCUT2D eigenvalue weighted by Crippen LogP contribution is 2.34. The molecular weight excluding hydrogens is 364 g/mol. The summed E-state index contributed by atoms with van der Waals surface area (Å²) in [7, 11) is 1.28. The first-order valence-corrected chi connectivity index (χ1v) is 8.22. The predicted octanol–water partition coefficient (Wildman–Crippen LogP) is 3.58. The number of methoxy groups -OCH3 is 1. The van der Waals surface area contributed by atoms with Crippen molar-refractivity contribution >= 4 is 17.5 Å². The lowest BCUT2D eigenvalue weighted by Crippen LogP contribution is -2.07. The number of nitro groups is 1. The summed E-state index contributed by atoms with van der Waals surface area (Å²) in [6.07, 6.45) is 1.18. The number of hydrogen-bond acceptors (Lipinski definition) is 8. The lowest BCUT2D eigenvalue weighted by atomic mass is 10.2. The Labute approximate surface area is 160 Å². The molecule has 0 aliphatic carbocycles. The number of rotatable bonds is 7. The Kier molecular flexibility index (Phi) is 5.75. The van der Waals surface area contributed by atoms with Gasteiger partial charge < -0.3 is 14.8 Å². The van der Waals surface area contributed by atoms with Crippen LogP contribution in [0.15, 0.2) is 60.9 Å². The predicted molar refractivity (Wildman–Crippen MR) is 100 cm³/mol. The third-order valence-corrected chi connectivity index (χ3v) is 3.76. The van der Waals surface area contributed by atoms with Crippen molar-refractivity contribution in [2.45, 2.75) is 6.54 Å². The summed E-state index contributed by atoms with van der Waals surface area (Å²) in [5.74, 6) is -0.373. The van der Waals surface area contributed by atoms with Gasteiger partial charge in [0, 0.05) is 6.54 Å². The Morgan fingerprint density at radius 2 is 1.82 bits per heavy atom. The van der Waals surface area contributed by atoms with Crippen molar-refractivity contribution in [1.29, 1.82) is 0 Å². The van der Waals surface area contributed by atoms with Crippen LogP contribution in [0, 0.1) is 10.1 Å². The smallest absolute Gasteiger partial charge is 0.373 e. The molecule has 0 bridgehead atoms. The molecule has 1 aromatic heterocycles. The summed E-state index contributed by atoms with van der Waals surface area (Å²) in [5, 5.41) is 14.5. The molecule has 142 valence electrons. The molecule has 0 amide bonds. The number of carbonyl (C=O) groups excluding carboxylic acids is 1. The minimum atomic E-state index is -0.606. The lowest BCUT2D eigenvalue weighted by molar-refractivity contribution is -0.385. The minimum Gasteiger partial charge on any atom is -0.465 e. The second-order valence-corrected chi connectivity index (χ2v) is 5.59. The number of nitrogens with one attached hydrogen (secondary N) is 1. The molecule has 0 unspecified atom stereocenters. The van der Waals surface area contributed by atoms with Gasteiger partial charge >= 0.3 is 17.5 Å². The summed E-state index contributed by atoms with van der Waals surface area (Å²) < 4.78 is 10.2. The molecule has 9 nitrogen and oxygen atoms in total. The Bertz CT molecular complexity index is 977. The number of carbonyl (C=O) groups is 1. The summed E-state index contributed by atoms with van der Waals surface area (Å²) >= 11 is 0. The largest absolute Gasteiger partial charge is 0.465 e. The fourth-order valence-electron chi connectivity index (χ4n) is 2.40. The monoisotopic (exact) mass is 380 g/mol. The molecule has 2 aromatic carbocycles. The van der Waals surface area contributed by atoms with Crippen molar-refractivity contribution in [3.8, 4) is 11.6 Å². The van der Waals surface area contributed by atoms with Gasteiger partial charge in [0.2, 0.25) is 5.82 Å². The standard InChI is InChI=1S/C19H16N4O5/c1-27-19(24)14-7-9-15(10-8-14)28-18-16(23(25)26)17(21-12-22-18)20-11-13-5-3-2-4-6-13/h2-10,12H,11H2,1H3,(H,20,21,22). The van der Waals surface area contributed by atoms with Gasteiger partial charge in [-0.2, -0.15) is 4.98 Å². The van der Waals surface area contributed by atoms with Gasteiger partial charge in [-0.05, 0) is 29.8 Å². The number of aromatic nitrogens is 2. The molecule has 0 aliphatic rings. The van der Waals surface area contributed by atoms with E-state index in [1.165, 1.54) is 37.7 Å². The van der Waals surface area contributed by atoms with Gasteiger partial charge in [-0.1, -0.05) is 30.3 Å². The van der Waals surface area contributed by atoms with E-state index >= 15 is 0 Å². The van der Waals surface area contributed by atoms with Gasteiger partial charge in [0.15, 0.2) is 0 Å². The Morgan fingerprint density at radius 1 is 1.11 bits per heavy atom. The average molecular weight is 380 g/mol. The van der Waals surface area contributed by atoms with E-state index in [4.69, 9.17) is 4.74 Å². The van der Waals surface area contributed by atoms with Gasteiger partial charge in [0.05, 0.1) is 17.6 Å². The van der Waals surface area contributed by atoms with Crippen LogP contribution in [0.5, 0.6) is 11.6 Å². The van der Waals surface area contributed by atoms with Crippen LogP contribution in [-0.4, -0.2) is 28.0 Å². The van der Waals surface area contributed by atoms with Gasteiger partial charge in [0.25, 0.3) is 0 Å². The van der Waals surface area contributed by atoms with Gasteiger partial charge in [-0.25, -0.2) is 9.78 Å². The first kappa shape index (κ1) is 18.8. The number of benzene rings is 2. The summed E-state index contributed by atoms with van der Waals surface area (Å²) in [5.41, 5.74) is 0.893. The maximum absolute atomic E-state index is 11.6. The first-order chi connectivity index (χ1) is 13.6. The third kappa shape index (κ3) is 4.39. The van der Waals surface area contributed by atoms with E-state index in [-0.39, 0.29) is 23.1 Å². The molecule has 0 fully saturated rings. The summed E-state index contributed by atoms with van der Waals surface area (Å²) in [4.78, 5) is 30.3. The van der Waals surface area contributed by atoms with Crippen molar-refractivity contribution in [2.75, 3.05) is 12.4 Å². The van der Waals surface area contributed by atoms with Crippen molar-refractivity contribution in [2.24, 2.45) is 0 Å². The molecule has 0 atom stereocenters. The van der Waals surface area contributed by atoms with Crippen LogP contribution in [0.3, 0.4) is 0 Å². The average Bonchev–Trinajstić information content (AvgIpc) is 2.73. The van der Waals surface area contributed by atoms with Crippen molar-refractivity contribution in [1.82, 2.24) is 9.97 Å². The van der Waals surface area contributed by atoms with E-state index in [1.807, 2.05) is 30.3 Å². The van der Waals surface area contributed by atoms with Gasteiger partial charge in [-0.15, -0.1) is 0 Å². The molecular formula is C19H16N4O5. The third-order valence-electron chi connectivity index (χ3n) is 3.76. The molecule has 3 aromatic rings. The topological polar surface area (TPSA) is 116 Å². The highest BCUT2D eigenvalue weighted by atomic mass is 16.6. The first-order valence-electron chi connectivity index (χ1n) is 8.22. The lowest BCUT2D eigenvalue weighted by Gasteiger charge is -2.09. The van der Waals surface area contributed by atoms with Crippen LogP contribution in [0.2, 0.25) is 0 Å². The molecule has 0 aliphatic heterocycles. The molecule has 28 heavy (non-hydrogen) atoms. The maximum atomic E-state index is 11.6. The van der Waals surface area contributed by atoms with E-state index in [2.05, 4.69) is 20.0 Å². The highest BCUT2D eigenvalue weighted by Gasteiger charge is 2.25. The van der Waals surface area contributed by atoms with E-state index in [0.29, 0.717) is 12.1 Å². The molecule has 1 N–H and O–H groups in total. The molecule has 0 radical (unpaired) electrons. The molecule has 3 rings (SSSR count). The SMILES string of the molecule is COC(=O)c1ccc(Oc2ncnc(NCc3ccccc3)c2[N+](=O)[O-])cc1. The van der Waals surface area contributed by atoms with E-state index in [0.717, 1.165) is 5.56 Å². The highest BCUT2D eigenvalue weighted by molar-refractivity contribution is 5.89. The van der Waals surface area contributed by atoms with E-state index in [9.17, 15) is 14.9 Å². The van der Waals surface area contributed by atoms with Crippen molar-refractivity contribution in [3.05, 3.63) is 82.2 Å².